The number of carbonyl (C=O) groups is 1. The zero-order valence-electron chi connectivity index (χ0n) is 9.06. The van der Waals surface area contributed by atoms with Gasteiger partial charge in [-0.3, -0.25) is 4.79 Å². The summed E-state index contributed by atoms with van der Waals surface area (Å²) < 4.78 is 3.67. The SMILES string of the molecule is NC1CCCCCC1NC(=O)c1cnns1. The monoisotopic (exact) mass is 240 g/mol. The van der Waals surface area contributed by atoms with Crippen LogP contribution in [0.15, 0.2) is 6.20 Å². The van der Waals surface area contributed by atoms with Gasteiger partial charge in [-0.1, -0.05) is 23.8 Å². The molecule has 1 heterocycles. The molecular weight excluding hydrogens is 224 g/mol. The van der Waals surface area contributed by atoms with E-state index >= 15 is 0 Å². The van der Waals surface area contributed by atoms with E-state index in [-0.39, 0.29) is 18.0 Å². The normalized spacial score (nSPS) is 26.1. The van der Waals surface area contributed by atoms with Crippen molar-refractivity contribution in [1.82, 2.24) is 14.9 Å². The van der Waals surface area contributed by atoms with Crippen molar-refractivity contribution in [3.63, 3.8) is 0 Å². The molecule has 3 N–H and O–H groups in total. The van der Waals surface area contributed by atoms with Crippen LogP contribution in [0.1, 0.15) is 41.8 Å². The van der Waals surface area contributed by atoms with Gasteiger partial charge in [-0.15, -0.1) is 5.10 Å². The lowest BCUT2D eigenvalue weighted by atomic mass is 10.0. The van der Waals surface area contributed by atoms with Crippen LogP contribution in [0.25, 0.3) is 0 Å². The molecule has 1 aromatic rings. The average molecular weight is 240 g/mol. The van der Waals surface area contributed by atoms with Crippen LogP contribution >= 0.6 is 11.5 Å². The standard InChI is InChI=1S/C10H16N4OS/c11-7-4-2-1-3-5-8(7)13-10(15)9-6-12-14-16-9/h6-8H,1-5,11H2,(H,13,15). The molecular formula is C10H16N4OS. The van der Waals surface area contributed by atoms with Gasteiger partial charge in [0.1, 0.15) is 4.88 Å². The highest BCUT2D eigenvalue weighted by Gasteiger charge is 2.23. The highest BCUT2D eigenvalue weighted by atomic mass is 32.1. The Labute approximate surface area is 98.6 Å². The zero-order valence-corrected chi connectivity index (χ0v) is 9.87. The lowest BCUT2D eigenvalue weighted by molar-refractivity contribution is 0.0933. The molecule has 1 fully saturated rings. The Bertz CT molecular complexity index is 341. The number of hydrogen-bond donors (Lipinski definition) is 2. The Morgan fingerprint density at radius 1 is 1.44 bits per heavy atom. The van der Waals surface area contributed by atoms with Gasteiger partial charge in [-0.25, -0.2) is 0 Å². The fourth-order valence-electron chi connectivity index (χ4n) is 2.02. The number of hydrogen-bond acceptors (Lipinski definition) is 5. The van der Waals surface area contributed by atoms with Crippen LogP contribution in [0.4, 0.5) is 0 Å². The van der Waals surface area contributed by atoms with Gasteiger partial charge in [-0.05, 0) is 24.4 Å². The van der Waals surface area contributed by atoms with Gasteiger partial charge in [0.15, 0.2) is 0 Å². The molecule has 1 aliphatic rings. The van der Waals surface area contributed by atoms with Crippen LogP contribution in [0, 0.1) is 0 Å². The van der Waals surface area contributed by atoms with Crippen molar-refractivity contribution >= 4 is 17.4 Å². The molecule has 1 aliphatic carbocycles. The maximum absolute atomic E-state index is 11.8. The maximum Gasteiger partial charge on any atom is 0.264 e. The number of aromatic nitrogens is 2. The molecule has 5 nitrogen and oxygen atoms in total. The van der Waals surface area contributed by atoms with Crippen LogP contribution in [-0.2, 0) is 0 Å². The van der Waals surface area contributed by atoms with Crippen molar-refractivity contribution in [2.45, 2.75) is 44.2 Å². The summed E-state index contributed by atoms with van der Waals surface area (Å²) in [7, 11) is 0. The minimum absolute atomic E-state index is 0.0762. The third-order valence-electron chi connectivity index (χ3n) is 2.97. The first-order valence-corrected chi connectivity index (χ1v) is 6.38. The van der Waals surface area contributed by atoms with Gasteiger partial charge >= 0.3 is 0 Å². The molecule has 0 bridgehead atoms. The van der Waals surface area contributed by atoms with E-state index in [0.29, 0.717) is 4.88 Å². The molecule has 6 heteroatoms. The van der Waals surface area contributed by atoms with Gasteiger partial charge < -0.3 is 11.1 Å². The smallest absolute Gasteiger partial charge is 0.264 e. The Hall–Kier alpha value is -1.01. The molecule has 1 amide bonds. The number of amides is 1. The second kappa shape index (κ2) is 5.36. The van der Waals surface area contributed by atoms with Gasteiger partial charge in [0.25, 0.3) is 5.91 Å². The van der Waals surface area contributed by atoms with Gasteiger partial charge in [-0.2, -0.15) is 0 Å². The molecule has 2 rings (SSSR count). The highest BCUT2D eigenvalue weighted by molar-refractivity contribution is 7.07. The molecule has 1 saturated carbocycles. The molecule has 2 atom stereocenters. The Morgan fingerprint density at radius 3 is 3.00 bits per heavy atom. The van der Waals surface area contributed by atoms with E-state index in [1.807, 2.05) is 0 Å². The van der Waals surface area contributed by atoms with E-state index in [4.69, 9.17) is 5.73 Å². The van der Waals surface area contributed by atoms with Crippen LogP contribution in [0.5, 0.6) is 0 Å². The Balaban J connectivity index is 1.95. The van der Waals surface area contributed by atoms with Crippen LogP contribution in [0.3, 0.4) is 0 Å². The summed E-state index contributed by atoms with van der Waals surface area (Å²) in [6.45, 7) is 0. The van der Waals surface area contributed by atoms with Crippen molar-refractivity contribution in [2.75, 3.05) is 0 Å². The molecule has 16 heavy (non-hydrogen) atoms. The first-order valence-electron chi connectivity index (χ1n) is 5.61. The average Bonchev–Trinajstić information content (AvgIpc) is 2.73. The van der Waals surface area contributed by atoms with Gasteiger partial charge in [0.2, 0.25) is 0 Å². The Kier molecular flexibility index (Phi) is 3.84. The van der Waals surface area contributed by atoms with E-state index in [0.717, 1.165) is 37.2 Å². The molecule has 0 aromatic carbocycles. The minimum atomic E-state index is -0.0997. The van der Waals surface area contributed by atoms with E-state index in [2.05, 4.69) is 14.9 Å². The highest BCUT2D eigenvalue weighted by Crippen LogP contribution is 2.17. The molecule has 0 radical (unpaired) electrons. The molecule has 0 saturated heterocycles. The minimum Gasteiger partial charge on any atom is -0.347 e. The summed E-state index contributed by atoms with van der Waals surface area (Å²) >= 11 is 1.11. The fourth-order valence-corrected chi connectivity index (χ4v) is 2.44. The number of nitrogens with one attached hydrogen (secondary N) is 1. The zero-order chi connectivity index (χ0) is 11.4. The van der Waals surface area contributed by atoms with Crippen LogP contribution in [-0.4, -0.2) is 27.6 Å². The summed E-state index contributed by atoms with van der Waals surface area (Å²) in [5, 5.41) is 6.63. The fraction of sp³-hybridized carbons (Fsp3) is 0.700. The summed E-state index contributed by atoms with van der Waals surface area (Å²) in [5.74, 6) is -0.0997. The summed E-state index contributed by atoms with van der Waals surface area (Å²) in [6, 6.07) is 0.171. The van der Waals surface area contributed by atoms with Crippen LogP contribution in [0.2, 0.25) is 0 Å². The Morgan fingerprint density at radius 2 is 2.25 bits per heavy atom. The third kappa shape index (κ3) is 2.76. The number of nitrogens with two attached hydrogens (primary N) is 1. The summed E-state index contributed by atoms with van der Waals surface area (Å²) in [4.78, 5) is 12.3. The number of carbonyl (C=O) groups excluding carboxylic acids is 1. The van der Waals surface area contributed by atoms with E-state index in [9.17, 15) is 4.79 Å². The first kappa shape index (κ1) is 11.5. The van der Waals surface area contributed by atoms with Gasteiger partial charge in [0, 0.05) is 12.1 Å². The summed E-state index contributed by atoms with van der Waals surface area (Å²) in [6.07, 6.45) is 6.96. The maximum atomic E-state index is 11.8. The molecule has 0 aliphatic heterocycles. The second-order valence-corrected chi connectivity index (χ2v) is 4.95. The predicted molar refractivity (Wildman–Crippen MR) is 62.2 cm³/mol. The van der Waals surface area contributed by atoms with Gasteiger partial charge in [0.05, 0.1) is 6.20 Å². The second-order valence-electron chi connectivity index (χ2n) is 4.16. The van der Waals surface area contributed by atoms with Crippen molar-refractivity contribution in [2.24, 2.45) is 5.73 Å². The first-order chi connectivity index (χ1) is 7.77. The van der Waals surface area contributed by atoms with Crippen molar-refractivity contribution in [1.29, 1.82) is 0 Å². The lowest BCUT2D eigenvalue weighted by Gasteiger charge is -2.22. The third-order valence-corrected chi connectivity index (χ3v) is 3.63. The molecule has 1 aromatic heterocycles. The van der Waals surface area contributed by atoms with Crippen molar-refractivity contribution in [3.8, 4) is 0 Å². The van der Waals surface area contributed by atoms with E-state index in [1.54, 1.807) is 0 Å². The van der Waals surface area contributed by atoms with Crippen molar-refractivity contribution in [3.05, 3.63) is 11.1 Å². The quantitative estimate of drug-likeness (QED) is 0.753. The van der Waals surface area contributed by atoms with E-state index in [1.165, 1.54) is 12.6 Å². The topological polar surface area (TPSA) is 80.9 Å². The van der Waals surface area contributed by atoms with Crippen LogP contribution < -0.4 is 11.1 Å². The largest absolute Gasteiger partial charge is 0.347 e. The summed E-state index contributed by atoms with van der Waals surface area (Å²) in [5.41, 5.74) is 6.04. The lowest BCUT2D eigenvalue weighted by Crippen LogP contribution is -2.46. The number of nitrogens with zero attached hydrogens (tertiary/aromatic N) is 2. The molecule has 88 valence electrons. The van der Waals surface area contributed by atoms with Crippen molar-refractivity contribution < 1.29 is 4.79 Å². The molecule has 0 spiro atoms. The van der Waals surface area contributed by atoms with E-state index < -0.39 is 0 Å². The predicted octanol–water partition coefficient (Wildman–Crippen LogP) is 0.928. The molecule has 2 unspecified atom stereocenters. The number of rotatable bonds is 2.